The van der Waals surface area contributed by atoms with E-state index in [1.54, 1.807) is 18.7 Å². The van der Waals surface area contributed by atoms with Crippen molar-refractivity contribution in [3.8, 4) is 0 Å². The number of nitrogens with zero attached hydrogens (tertiary/aromatic N) is 1. The average molecular weight is 395 g/mol. The lowest BCUT2D eigenvalue weighted by Gasteiger charge is -2.27. The number of pyridine rings is 1. The van der Waals surface area contributed by atoms with Crippen LogP contribution in [0.25, 0.3) is 0 Å². The van der Waals surface area contributed by atoms with Gasteiger partial charge in [-0.15, -0.1) is 0 Å². The van der Waals surface area contributed by atoms with E-state index in [0.29, 0.717) is 17.9 Å². The Morgan fingerprint density at radius 1 is 0.929 bits per heavy atom. The number of hydrogen-bond acceptors (Lipinski definition) is 2. The fourth-order valence-electron chi connectivity index (χ4n) is 3.49. The Balaban J connectivity index is 2.19. The van der Waals surface area contributed by atoms with E-state index in [4.69, 9.17) is 11.6 Å². The molecule has 0 aliphatic carbocycles. The van der Waals surface area contributed by atoms with E-state index in [1.165, 1.54) is 0 Å². The Kier molecular flexibility index (Phi) is 5.71. The molecule has 0 saturated heterocycles. The van der Waals surface area contributed by atoms with Crippen molar-refractivity contribution in [2.24, 2.45) is 0 Å². The molecular weight excluding hydrogens is 372 g/mol. The van der Waals surface area contributed by atoms with E-state index in [2.05, 4.69) is 4.98 Å². The van der Waals surface area contributed by atoms with Crippen molar-refractivity contribution >= 4 is 23.2 Å². The highest BCUT2D eigenvalue weighted by molar-refractivity contribution is 6.31. The van der Waals surface area contributed by atoms with Crippen molar-refractivity contribution in [2.45, 2.75) is 34.2 Å². The summed E-state index contributed by atoms with van der Waals surface area (Å²) in [5, 5.41) is 0.0510. The molecule has 1 heterocycles. The molecule has 1 amide bonds. The lowest BCUT2D eigenvalue weighted by molar-refractivity contribution is 0.0982. The van der Waals surface area contributed by atoms with Gasteiger partial charge in [-0.3, -0.25) is 9.59 Å². The highest BCUT2D eigenvalue weighted by Crippen LogP contribution is 2.28. The van der Waals surface area contributed by atoms with Gasteiger partial charge in [0.2, 0.25) is 5.43 Å². The number of hydrogen-bond donors (Lipinski definition) is 1. The van der Waals surface area contributed by atoms with Crippen molar-refractivity contribution < 1.29 is 4.79 Å². The summed E-state index contributed by atoms with van der Waals surface area (Å²) in [6.07, 6.45) is 0. The van der Waals surface area contributed by atoms with Crippen LogP contribution in [0.2, 0.25) is 5.02 Å². The second-order valence-corrected chi connectivity index (χ2v) is 7.39. The number of aromatic amines is 1. The number of halogens is 1. The topological polar surface area (TPSA) is 53.2 Å². The standard InChI is InChI=1S/C23H23ClN2O2/c1-14-9-8-10-15(2)21(14)26(13-18-11-6-5-7-12-18)23(28)19-16(3)25-17(4)20(24)22(19)27/h5-12H,13H2,1-4H3,(H,25,27). The Bertz CT molecular complexity index is 1070. The molecule has 0 aliphatic heterocycles. The van der Waals surface area contributed by atoms with Crippen LogP contribution < -0.4 is 10.3 Å². The molecule has 0 unspecified atom stereocenters. The van der Waals surface area contributed by atoms with Crippen molar-refractivity contribution in [2.75, 3.05) is 4.90 Å². The van der Waals surface area contributed by atoms with Crippen molar-refractivity contribution in [3.05, 3.63) is 97.4 Å². The zero-order valence-electron chi connectivity index (χ0n) is 16.5. The molecule has 0 spiro atoms. The van der Waals surface area contributed by atoms with Crippen LogP contribution in [0.15, 0.2) is 53.3 Å². The molecule has 0 fully saturated rings. The number of benzene rings is 2. The Morgan fingerprint density at radius 2 is 1.54 bits per heavy atom. The van der Waals surface area contributed by atoms with E-state index >= 15 is 0 Å². The van der Waals surface area contributed by atoms with E-state index in [9.17, 15) is 9.59 Å². The van der Waals surface area contributed by atoms with Gasteiger partial charge in [0.05, 0.1) is 12.2 Å². The normalized spacial score (nSPS) is 10.8. The number of H-pyrrole nitrogens is 1. The summed E-state index contributed by atoms with van der Waals surface area (Å²) in [6.45, 7) is 7.73. The molecule has 1 aromatic heterocycles. The first-order chi connectivity index (χ1) is 13.3. The van der Waals surface area contributed by atoms with Gasteiger partial charge in [0.15, 0.2) is 0 Å². The molecule has 5 heteroatoms. The Morgan fingerprint density at radius 3 is 2.14 bits per heavy atom. The molecule has 1 N–H and O–H groups in total. The molecule has 3 rings (SSSR count). The maximum atomic E-state index is 13.6. The lowest BCUT2D eigenvalue weighted by Crippen LogP contribution is -2.36. The van der Waals surface area contributed by atoms with Crippen molar-refractivity contribution in [3.63, 3.8) is 0 Å². The third-order valence-electron chi connectivity index (χ3n) is 4.86. The molecule has 28 heavy (non-hydrogen) atoms. The van der Waals surface area contributed by atoms with Gasteiger partial charge in [0.1, 0.15) is 10.6 Å². The molecule has 0 atom stereocenters. The number of carbonyl (C=O) groups excluding carboxylic acids is 1. The molecule has 4 nitrogen and oxygen atoms in total. The fraction of sp³-hybridized carbons (Fsp3) is 0.217. The van der Waals surface area contributed by atoms with Crippen LogP contribution >= 0.6 is 11.6 Å². The first-order valence-corrected chi connectivity index (χ1v) is 9.50. The van der Waals surface area contributed by atoms with Gasteiger partial charge >= 0.3 is 0 Å². The molecule has 2 aromatic carbocycles. The van der Waals surface area contributed by atoms with E-state index in [0.717, 1.165) is 22.4 Å². The molecule has 0 saturated carbocycles. The largest absolute Gasteiger partial charge is 0.361 e. The minimum Gasteiger partial charge on any atom is -0.361 e. The van der Waals surface area contributed by atoms with Gasteiger partial charge in [-0.05, 0) is 44.4 Å². The van der Waals surface area contributed by atoms with Crippen molar-refractivity contribution in [1.29, 1.82) is 0 Å². The zero-order valence-corrected chi connectivity index (χ0v) is 17.2. The van der Waals surface area contributed by atoms with Crippen LogP contribution in [-0.4, -0.2) is 10.9 Å². The quantitative estimate of drug-likeness (QED) is 0.668. The smallest absolute Gasteiger partial charge is 0.264 e. The summed E-state index contributed by atoms with van der Waals surface area (Å²) in [5.41, 5.74) is 4.44. The van der Waals surface area contributed by atoms with Crippen LogP contribution in [0.4, 0.5) is 5.69 Å². The summed E-state index contributed by atoms with van der Waals surface area (Å²) < 4.78 is 0. The molecule has 0 bridgehead atoms. The van der Waals surface area contributed by atoms with Crippen LogP contribution in [0.3, 0.4) is 0 Å². The van der Waals surface area contributed by atoms with Crippen LogP contribution in [0.5, 0.6) is 0 Å². The SMILES string of the molecule is Cc1cccc(C)c1N(Cc1ccccc1)C(=O)c1c(C)[nH]c(C)c(Cl)c1=O. The van der Waals surface area contributed by atoms with Crippen LogP contribution in [-0.2, 0) is 6.54 Å². The minimum absolute atomic E-state index is 0.0510. The minimum atomic E-state index is -0.440. The third kappa shape index (κ3) is 3.73. The number of rotatable bonds is 4. The number of amides is 1. The highest BCUT2D eigenvalue weighted by Gasteiger charge is 2.26. The summed E-state index contributed by atoms with van der Waals surface area (Å²) in [4.78, 5) is 31.1. The summed E-state index contributed by atoms with van der Waals surface area (Å²) in [5.74, 6) is -0.359. The molecule has 144 valence electrons. The average Bonchev–Trinajstić information content (AvgIpc) is 2.66. The van der Waals surface area contributed by atoms with E-state index in [1.807, 2.05) is 62.4 Å². The lowest BCUT2D eigenvalue weighted by atomic mass is 10.0. The number of aromatic nitrogens is 1. The summed E-state index contributed by atoms with van der Waals surface area (Å²) >= 11 is 6.16. The first kappa shape index (κ1) is 19.9. The molecule has 3 aromatic rings. The second-order valence-electron chi connectivity index (χ2n) is 7.01. The third-order valence-corrected chi connectivity index (χ3v) is 5.31. The summed E-state index contributed by atoms with van der Waals surface area (Å²) in [7, 11) is 0. The summed E-state index contributed by atoms with van der Waals surface area (Å²) in [6, 6.07) is 15.6. The second kappa shape index (κ2) is 8.03. The number of para-hydroxylation sites is 1. The van der Waals surface area contributed by atoms with E-state index in [-0.39, 0.29) is 16.5 Å². The van der Waals surface area contributed by atoms with Gasteiger partial charge in [0, 0.05) is 11.4 Å². The zero-order chi connectivity index (χ0) is 20.4. The van der Waals surface area contributed by atoms with Gasteiger partial charge < -0.3 is 9.88 Å². The van der Waals surface area contributed by atoms with Gasteiger partial charge in [0.25, 0.3) is 5.91 Å². The molecular formula is C23H23ClN2O2. The van der Waals surface area contributed by atoms with Gasteiger partial charge in [-0.2, -0.15) is 0 Å². The Hall–Kier alpha value is -2.85. The predicted molar refractivity (Wildman–Crippen MR) is 114 cm³/mol. The Labute approximate surface area is 169 Å². The number of nitrogens with one attached hydrogen (secondary N) is 1. The predicted octanol–water partition coefficient (Wildman–Crippen LogP) is 5.11. The number of anilines is 1. The van der Waals surface area contributed by atoms with Crippen LogP contribution in [0, 0.1) is 27.7 Å². The maximum Gasteiger partial charge on any atom is 0.264 e. The monoisotopic (exact) mass is 394 g/mol. The highest BCUT2D eigenvalue weighted by atomic mass is 35.5. The molecule has 0 radical (unpaired) electrons. The fourth-order valence-corrected chi connectivity index (χ4v) is 3.63. The first-order valence-electron chi connectivity index (χ1n) is 9.12. The van der Waals surface area contributed by atoms with Crippen LogP contribution in [0.1, 0.15) is 38.4 Å². The van der Waals surface area contributed by atoms with E-state index < -0.39 is 5.43 Å². The molecule has 0 aliphatic rings. The number of aryl methyl sites for hydroxylation is 4. The van der Waals surface area contributed by atoms with Gasteiger partial charge in [-0.25, -0.2) is 0 Å². The van der Waals surface area contributed by atoms with Crippen molar-refractivity contribution in [1.82, 2.24) is 4.98 Å². The number of carbonyl (C=O) groups is 1. The van der Waals surface area contributed by atoms with Gasteiger partial charge in [-0.1, -0.05) is 60.1 Å². The maximum absolute atomic E-state index is 13.6.